The van der Waals surface area contributed by atoms with E-state index >= 15 is 0 Å². The van der Waals surface area contributed by atoms with Crippen LogP contribution in [0.15, 0.2) is 24.3 Å². The minimum Gasteiger partial charge on any atom is -0.300 e. The van der Waals surface area contributed by atoms with Crippen LogP contribution in [0.3, 0.4) is 0 Å². The maximum absolute atomic E-state index is 2.69. The summed E-state index contributed by atoms with van der Waals surface area (Å²) in [7, 11) is 0. The Bertz CT molecular complexity index is 580. The molecular weight excluding hydrogens is 330 g/mol. The smallest absolute Gasteiger partial charge is 0.0234 e. The van der Waals surface area contributed by atoms with Gasteiger partial charge in [0.1, 0.15) is 0 Å². The molecule has 0 atom stereocenters. The minimum absolute atomic E-state index is 0.321. The molecule has 3 nitrogen and oxygen atoms in total. The fourth-order valence-electron chi connectivity index (χ4n) is 4.52. The van der Waals surface area contributed by atoms with E-state index in [2.05, 4.69) is 80.5 Å². The Hall–Kier alpha value is -0.900. The first-order chi connectivity index (χ1) is 12.6. The van der Waals surface area contributed by atoms with Gasteiger partial charge in [0.05, 0.1) is 0 Å². The highest BCUT2D eigenvalue weighted by Crippen LogP contribution is 2.24. The van der Waals surface area contributed by atoms with Gasteiger partial charge in [-0.2, -0.15) is 0 Å². The number of piperazine rings is 1. The lowest BCUT2D eigenvalue weighted by Crippen LogP contribution is -2.57. The van der Waals surface area contributed by atoms with E-state index in [1.807, 2.05) is 0 Å². The van der Waals surface area contributed by atoms with E-state index in [9.17, 15) is 0 Å². The molecule has 2 fully saturated rings. The van der Waals surface area contributed by atoms with Gasteiger partial charge >= 0.3 is 0 Å². The van der Waals surface area contributed by atoms with E-state index in [0.29, 0.717) is 11.0 Å². The summed E-state index contributed by atoms with van der Waals surface area (Å²) in [6, 6.07) is 9.32. The van der Waals surface area contributed by atoms with Crippen molar-refractivity contribution in [3.05, 3.63) is 35.4 Å². The Labute approximate surface area is 167 Å². The van der Waals surface area contributed by atoms with Crippen LogP contribution in [0.2, 0.25) is 0 Å². The lowest BCUT2D eigenvalue weighted by atomic mass is 9.88. The maximum atomic E-state index is 2.69. The van der Waals surface area contributed by atoms with Crippen molar-refractivity contribution >= 4 is 0 Å². The average Bonchev–Trinajstić information content (AvgIpc) is 2.53. The summed E-state index contributed by atoms with van der Waals surface area (Å²) >= 11 is 0. The predicted octanol–water partition coefficient (Wildman–Crippen LogP) is 4.12. The van der Waals surface area contributed by atoms with Gasteiger partial charge in [-0.25, -0.2) is 0 Å². The molecule has 0 saturated carbocycles. The van der Waals surface area contributed by atoms with Crippen molar-refractivity contribution in [2.75, 3.05) is 45.8 Å². The van der Waals surface area contributed by atoms with Gasteiger partial charge in [-0.1, -0.05) is 45.0 Å². The zero-order chi connectivity index (χ0) is 19.7. The second-order valence-corrected chi connectivity index (χ2v) is 11.1. The van der Waals surface area contributed by atoms with Crippen molar-refractivity contribution in [3.63, 3.8) is 0 Å². The molecule has 3 heteroatoms. The topological polar surface area (TPSA) is 9.72 Å². The maximum Gasteiger partial charge on any atom is 0.0234 e. The third kappa shape index (κ3) is 6.30. The van der Waals surface area contributed by atoms with Crippen LogP contribution in [0, 0.1) is 11.3 Å². The van der Waals surface area contributed by atoms with E-state index < -0.39 is 0 Å². The van der Waals surface area contributed by atoms with Crippen molar-refractivity contribution in [1.29, 1.82) is 0 Å². The van der Waals surface area contributed by atoms with Crippen molar-refractivity contribution in [3.8, 4) is 0 Å². The summed E-state index contributed by atoms with van der Waals surface area (Å²) in [6.07, 6.45) is 1.15. The first-order valence-electron chi connectivity index (χ1n) is 10.9. The Kier molecular flexibility index (Phi) is 6.34. The monoisotopic (exact) mass is 371 g/mol. The van der Waals surface area contributed by atoms with Crippen molar-refractivity contribution in [1.82, 2.24) is 14.7 Å². The lowest BCUT2D eigenvalue weighted by molar-refractivity contribution is 0.0217. The van der Waals surface area contributed by atoms with Gasteiger partial charge in [-0.15, -0.1) is 0 Å². The first-order valence-corrected chi connectivity index (χ1v) is 10.9. The van der Waals surface area contributed by atoms with Gasteiger partial charge in [0.25, 0.3) is 0 Å². The predicted molar refractivity (Wildman–Crippen MR) is 116 cm³/mol. The quantitative estimate of drug-likeness (QED) is 0.771. The van der Waals surface area contributed by atoms with Crippen LogP contribution in [0.4, 0.5) is 0 Å². The van der Waals surface area contributed by atoms with Crippen LogP contribution < -0.4 is 0 Å². The Morgan fingerprint density at radius 3 is 1.85 bits per heavy atom. The van der Waals surface area contributed by atoms with Gasteiger partial charge in [0.15, 0.2) is 0 Å². The molecule has 2 aliphatic rings. The normalized spacial score (nSPS) is 21.4. The summed E-state index contributed by atoms with van der Waals surface area (Å²) < 4.78 is 0. The van der Waals surface area contributed by atoms with E-state index in [-0.39, 0.29) is 0 Å². The lowest BCUT2D eigenvalue weighted by Gasteiger charge is -2.46. The SMILES string of the molecule is CC(C)(C)Cc1ccc(CN2CC(CN3CCN(C(C)(C)C)CC3)C2)cc1. The molecule has 0 bridgehead atoms. The van der Waals surface area contributed by atoms with E-state index in [0.717, 1.165) is 18.9 Å². The molecule has 27 heavy (non-hydrogen) atoms. The first kappa shape index (κ1) is 20.8. The fourth-order valence-corrected chi connectivity index (χ4v) is 4.52. The molecule has 0 N–H and O–H groups in total. The van der Waals surface area contributed by atoms with Crippen molar-refractivity contribution in [2.45, 2.75) is 60.0 Å². The molecule has 2 heterocycles. The van der Waals surface area contributed by atoms with E-state index in [1.54, 1.807) is 0 Å². The molecule has 0 aromatic heterocycles. The zero-order valence-electron chi connectivity index (χ0n) is 18.6. The van der Waals surface area contributed by atoms with Crippen LogP contribution in [0.1, 0.15) is 52.7 Å². The highest BCUT2D eigenvalue weighted by atomic mass is 15.3. The number of hydrogen-bond acceptors (Lipinski definition) is 3. The number of nitrogens with zero attached hydrogens (tertiary/aromatic N) is 3. The van der Waals surface area contributed by atoms with E-state index in [4.69, 9.17) is 0 Å². The highest BCUT2D eigenvalue weighted by Gasteiger charge is 2.31. The summed E-state index contributed by atoms with van der Waals surface area (Å²) in [4.78, 5) is 7.92. The Balaban J connectivity index is 1.36. The molecule has 2 saturated heterocycles. The molecule has 3 rings (SSSR count). The van der Waals surface area contributed by atoms with Crippen molar-refractivity contribution < 1.29 is 0 Å². The van der Waals surface area contributed by atoms with Crippen molar-refractivity contribution in [2.24, 2.45) is 11.3 Å². The van der Waals surface area contributed by atoms with Crippen LogP contribution >= 0.6 is 0 Å². The molecule has 0 radical (unpaired) electrons. The highest BCUT2D eigenvalue weighted by molar-refractivity contribution is 5.23. The van der Waals surface area contributed by atoms with Crippen LogP contribution in [-0.2, 0) is 13.0 Å². The standard InChI is InChI=1S/C24H41N3/c1-23(2,3)15-20-7-9-21(10-8-20)16-26-18-22(19-26)17-25-11-13-27(14-12-25)24(4,5)6/h7-10,22H,11-19H2,1-6H3. The zero-order valence-corrected chi connectivity index (χ0v) is 18.6. The third-order valence-corrected chi connectivity index (χ3v) is 6.03. The van der Waals surface area contributed by atoms with Gasteiger partial charge in [0, 0.05) is 57.9 Å². The van der Waals surface area contributed by atoms with Gasteiger partial charge in [-0.3, -0.25) is 9.80 Å². The molecule has 152 valence electrons. The van der Waals surface area contributed by atoms with Gasteiger partial charge in [-0.05, 0) is 49.7 Å². The second kappa shape index (κ2) is 8.23. The molecule has 0 unspecified atom stereocenters. The third-order valence-electron chi connectivity index (χ3n) is 6.03. The summed E-state index contributed by atoms with van der Waals surface area (Å²) in [5.41, 5.74) is 3.61. The summed E-state index contributed by atoms with van der Waals surface area (Å²) in [6.45, 7) is 23.8. The number of benzene rings is 1. The number of hydrogen-bond donors (Lipinski definition) is 0. The second-order valence-electron chi connectivity index (χ2n) is 11.1. The van der Waals surface area contributed by atoms with E-state index in [1.165, 1.54) is 56.9 Å². The Morgan fingerprint density at radius 2 is 1.33 bits per heavy atom. The molecular formula is C24H41N3. The molecule has 0 amide bonds. The Morgan fingerprint density at radius 1 is 0.778 bits per heavy atom. The largest absolute Gasteiger partial charge is 0.300 e. The molecule has 1 aromatic carbocycles. The molecule has 0 spiro atoms. The average molecular weight is 372 g/mol. The number of likely N-dealkylation sites (tertiary alicyclic amines) is 1. The van der Waals surface area contributed by atoms with Gasteiger partial charge < -0.3 is 4.90 Å². The molecule has 0 aliphatic carbocycles. The fraction of sp³-hybridized carbons (Fsp3) is 0.750. The van der Waals surface area contributed by atoms with Crippen LogP contribution in [0.5, 0.6) is 0 Å². The summed E-state index contributed by atoms with van der Waals surface area (Å²) in [5.74, 6) is 0.867. The molecule has 1 aromatic rings. The van der Waals surface area contributed by atoms with Crippen LogP contribution in [-0.4, -0.2) is 66.1 Å². The number of rotatable bonds is 5. The van der Waals surface area contributed by atoms with Gasteiger partial charge in [0.2, 0.25) is 0 Å². The molecule has 2 aliphatic heterocycles. The van der Waals surface area contributed by atoms with Crippen LogP contribution in [0.25, 0.3) is 0 Å². The summed E-state index contributed by atoms with van der Waals surface area (Å²) in [5, 5.41) is 0. The minimum atomic E-state index is 0.321.